The summed E-state index contributed by atoms with van der Waals surface area (Å²) in [5.74, 6) is 0.356. The summed E-state index contributed by atoms with van der Waals surface area (Å²) in [5.41, 5.74) is 6.65. The van der Waals surface area contributed by atoms with Gasteiger partial charge in [-0.05, 0) is 37.5 Å². The Balaban J connectivity index is 2.33. The molecule has 1 fully saturated rings. The second kappa shape index (κ2) is 6.95. The van der Waals surface area contributed by atoms with Gasteiger partial charge in [-0.15, -0.1) is 11.6 Å². The highest BCUT2D eigenvalue weighted by Crippen LogP contribution is 2.26. The van der Waals surface area contributed by atoms with Crippen LogP contribution in [0, 0.1) is 0 Å². The van der Waals surface area contributed by atoms with E-state index in [4.69, 9.17) is 28.9 Å². The molecule has 0 aliphatic carbocycles. The summed E-state index contributed by atoms with van der Waals surface area (Å²) in [6, 6.07) is 5.02. The van der Waals surface area contributed by atoms with Crippen molar-refractivity contribution in [2.45, 2.75) is 19.3 Å². The first-order valence-corrected chi connectivity index (χ1v) is 7.51. The van der Waals surface area contributed by atoms with E-state index in [1.54, 1.807) is 18.2 Å². The van der Waals surface area contributed by atoms with E-state index in [-0.39, 0.29) is 17.6 Å². The van der Waals surface area contributed by atoms with Crippen LogP contribution in [0.15, 0.2) is 23.2 Å². The molecular weight excluding hydrogens is 297 g/mol. The molecule has 1 amide bonds. The Kier molecular flexibility index (Phi) is 5.26. The maximum absolute atomic E-state index is 12.6. The van der Waals surface area contributed by atoms with Gasteiger partial charge in [0.25, 0.3) is 5.91 Å². The lowest BCUT2D eigenvalue weighted by Gasteiger charge is -2.27. The lowest BCUT2D eigenvalue weighted by Crippen LogP contribution is -2.35. The quantitative estimate of drug-likeness (QED) is 0.529. The standard InChI is InChI=1S/C14H17Cl2N3O/c15-9-13(17)18-12-5-4-10(16)8-11(12)14(20)19-6-2-1-3-7-19/h4-5,8H,1-3,6-7,9H2,(H2,17,18). The van der Waals surface area contributed by atoms with E-state index in [0.717, 1.165) is 25.9 Å². The molecule has 1 aliphatic rings. The van der Waals surface area contributed by atoms with Crippen LogP contribution in [0.4, 0.5) is 5.69 Å². The molecule has 0 atom stereocenters. The molecule has 0 bridgehead atoms. The zero-order valence-electron chi connectivity index (χ0n) is 11.1. The maximum atomic E-state index is 12.6. The number of hydrogen-bond donors (Lipinski definition) is 1. The van der Waals surface area contributed by atoms with Crippen molar-refractivity contribution in [3.63, 3.8) is 0 Å². The average Bonchev–Trinajstić information content (AvgIpc) is 2.49. The first-order valence-electron chi connectivity index (χ1n) is 6.59. The van der Waals surface area contributed by atoms with E-state index in [9.17, 15) is 4.79 Å². The van der Waals surface area contributed by atoms with Crippen molar-refractivity contribution in [2.24, 2.45) is 10.7 Å². The summed E-state index contributed by atoms with van der Waals surface area (Å²) in [6.07, 6.45) is 3.24. The predicted molar refractivity (Wildman–Crippen MR) is 83.2 cm³/mol. The fourth-order valence-corrected chi connectivity index (χ4v) is 2.46. The minimum atomic E-state index is -0.0478. The van der Waals surface area contributed by atoms with E-state index in [1.807, 2.05) is 4.90 Å². The fourth-order valence-electron chi connectivity index (χ4n) is 2.23. The Labute approximate surface area is 128 Å². The predicted octanol–water partition coefficient (Wildman–Crippen LogP) is 3.19. The number of hydrogen-bond acceptors (Lipinski definition) is 2. The van der Waals surface area contributed by atoms with Gasteiger partial charge in [-0.2, -0.15) is 0 Å². The Morgan fingerprint density at radius 3 is 2.65 bits per heavy atom. The van der Waals surface area contributed by atoms with Gasteiger partial charge < -0.3 is 10.6 Å². The second-order valence-electron chi connectivity index (χ2n) is 4.75. The first-order chi connectivity index (χ1) is 9.61. The summed E-state index contributed by atoms with van der Waals surface area (Å²) >= 11 is 11.6. The Morgan fingerprint density at radius 2 is 2.00 bits per heavy atom. The molecular formula is C14H17Cl2N3O. The van der Waals surface area contributed by atoms with Crippen LogP contribution in [0.2, 0.25) is 5.02 Å². The molecule has 0 aromatic heterocycles. The minimum absolute atomic E-state index is 0.0478. The van der Waals surface area contributed by atoms with Crippen molar-refractivity contribution in [2.75, 3.05) is 19.0 Å². The maximum Gasteiger partial charge on any atom is 0.256 e. The van der Waals surface area contributed by atoms with E-state index < -0.39 is 0 Å². The number of amidine groups is 1. The van der Waals surface area contributed by atoms with Crippen LogP contribution in [-0.2, 0) is 0 Å². The van der Waals surface area contributed by atoms with Crippen LogP contribution in [-0.4, -0.2) is 35.6 Å². The molecule has 1 heterocycles. The summed E-state index contributed by atoms with van der Waals surface area (Å²) in [5, 5.41) is 0.508. The number of carbonyl (C=O) groups is 1. The van der Waals surface area contributed by atoms with Crippen molar-refractivity contribution in [3.05, 3.63) is 28.8 Å². The highest BCUT2D eigenvalue weighted by atomic mass is 35.5. The van der Waals surface area contributed by atoms with Crippen molar-refractivity contribution in [3.8, 4) is 0 Å². The van der Waals surface area contributed by atoms with Crippen LogP contribution >= 0.6 is 23.2 Å². The lowest BCUT2D eigenvalue weighted by molar-refractivity contribution is 0.0725. The normalized spacial score (nSPS) is 16.3. The third kappa shape index (κ3) is 3.64. The summed E-state index contributed by atoms with van der Waals surface area (Å²) in [6.45, 7) is 1.55. The molecule has 20 heavy (non-hydrogen) atoms. The SMILES string of the molecule is NC(CCl)=Nc1ccc(Cl)cc1C(=O)N1CCCCC1. The summed E-state index contributed by atoms with van der Waals surface area (Å²) in [4.78, 5) is 18.6. The zero-order valence-corrected chi connectivity index (χ0v) is 12.6. The van der Waals surface area contributed by atoms with Crippen molar-refractivity contribution >= 4 is 40.6 Å². The number of rotatable bonds is 3. The smallest absolute Gasteiger partial charge is 0.256 e. The van der Waals surface area contributed by atoms with E-state index in [1.165, 1.54) is 6.42 Å². The largest absolute Gasteiger partial charge is 0.386 e. The Hall–Kier alpha value is -1.26. The number of nitrogens with zero attached hydrogens (tertiary/aromatic N) is 2. The molecule has 0 radical (unpaired) electrons. The average molecular weight is 314 g/mol. The highest BCUT2D eigenvalue weighted by molar-refractivity contribution is 6.31. The van der Waals surface area contributed by atoms with Crippen molar-refractivity contribution < 1.29 is 4.79 Å². The topological polar surface area (TPSA) is 58.7 Å². The van der Waals surface area contributed by atoms with Crippen LogP contribution in [0.25, 0.3) is 0 Å². The van der Waals surface area contributed by atoms with Gasteiger partial charge in [-0.3, -0.25) is 4.79 Å². The molecule has 0 saturated carbocycles. The molecule has 2 N–H and O–H groups in total. The number of benzene rings is 1. The van der Waals surface area contributed by atoms with Gasteiger partial charge in [0.05, 0.1) is 17.1 Å². The first kappa shape index (κ1) is 15.1. The molecule has 1 aromatic carbocycles. The third-order valence-electron chi connectivity index (χ3n) is 3.23. The molecule has 0 spiro atoms. The van der Waals surface area contributed by atoms with Crippen LogP contribution < -0.4 is 5.73 Å². The number of piperidine rings is 1. The summed E-state index contributed by atoms with van der Waals surface area (Å²) < 4.78 is 0. The molecule has 108 valence electrons. The lowest BCUT2D eigenvalue weighted by atomic mass is 10.1. The second-order valence-corrected chi connectivity index (χ2v) is 5.45. The number of amides is 1. The van der Waals surface area contributed by atoms with Gasteiger partial charge in [0, 0.05) is 18.1 Å². The van der Waals surface area contributed by atoms with Gasteiger partial charge in [-0.1, -0.05) is 11.6 Å². The minimum Gasteiger partial charge on any atom is -0.386 e. The zero-order chi connectivity index (χ0) is 14.5. The third-order valence-corrected chi connectivity index (χ3v) is 3.74. The van der Waals surface area contributed by atoms with Gasteiger partial charge in [0.1, 0.15) is 5.84 Å². The Morgan fingerprint density at radius 1 is 1.30 bits per heavy atom. The van der Waals surface area contributed by atoms with Gasteiger partial charge in [0.15, 0.2) is 0 Å². The molecule has 6 heteroatoms. The molecule has 1 aliphatic heterocycles. The van der Waals surface area contributed by atoms with Gasteiger partial charge >= 0.3 is 0 Å². The molecule has 1 aromatic rings. The van der Waals surface area contributed by atoms with Crippen LogP contribution in [0.1, 0.15) is 29.6 Å². The monoisotopic (exact) mass is 313 g/mol. The molecule has 4 nitrogen and oxygen atoms in total. The van der Waals surface area contributed by atoms with Crippen molar-refractivity contribution in [1.82, 2.24) is 4.90 Å². The summed E-state index contributed by atoms with van der Waals surface area (Å²) in [7, 11) is 0. The van der Waals surface area contributed by atoms with Gasteiger partial charge in [0.2, 0.25) is 0 Å². The number of alkyl halides is 1. The number of likely N-dealkylation sites (tertiary alicyclic amines) is 1. The van der Waals surface area contributed by atoms with Crippen molar-refractivity contribution in [1.29, 1.82) is 0 Å². The highest BCUT2D eigenvalue weighted by Gasteiger charge is 2.21. The van der Waals surface area contributed by atoms with Crippen LogP contribution in [0.3, 0.4) is 0 Å². The number of nitrogens with two attached hydrogens (primary N) is 1. The number of carbonyl (C=O) groups excluding carboxylic acids is 1. The number of halogens is 2. The molecule has 2 rings (SSSR count). The number of aliphatic imine (C=N–C) groups is 1. The molecule has 0 unspecified atom stereocenters. The van der Waals surface area contributed by atoms with E-state index >= 15 is 0 Å². The van der Waals surface area contributed by atoms with E-state index in [2.05, 4.69) is 4.99 Å². The van der Waals surface area contributed by atoms with Crippen LogP contribution in [0.5, 0.6) is 0 Å². The fraction of sp³-hybridized carbons (Fsp3) is 0.429. The van der Waals surface area contributed by atoms with E-state index in [0.29, 0.717) is 16.3 Å². The molecule has 1 saturated heterocycles. The Bertz CT molecular complexity index is 525. The van der Waals surface area contributed by atoms with Gasteiger partial charge in [-0.25, -0.2) is 4.99 Å².